The number of hydrogen-bond donors (Lipinski definition) is 1. The third-order valence-electron chi connectivity index (χ3n) is 3.05. The van der Waals surface area contributed by atoms with Crippen molar-refractivity contribution in [1.29, 1.82) is 0 Å². The van der Waals surface area contributed by atoms with Crippen LogP contribution < -0.4 is 14.8 Å². The van der Waals surface area contributed by atoms with Crippen LogP contribution in [0, 0.1) is 10.1 Å². The third kappa shape index (κ3) is 3.62. The van der Waals surface area contributed by atoms with Crippen LogP contribution in [0.3, 0.4) is 0 Å². The van der Waals surface area contributed by atoms with Gasteiger partial charge in [-0.2, -0.15) is 0 Å². The first-order valence-electron chi connectivity index (χ1n) is 6.33. The molecule has 2 aromatic carbocycles. The van der Waals surface area contributed by atoms with Crippen LogP contribution in [0.4, 0.5) is 11.4 Å². The molecule has 0 heterocycles. The minimum absolute atomic E-state index is 0.0690. The highest BCUT2D eigenvalue weighted by Crippen LogP contribution is 2.25. The molecule has 0 fully saturated rings. The van der Waals surface area contributed by atoms with Gasteiger partial charge in [0.05, 0.1) is 19.1 Å². The van der Waals surface area contributed by atoms with Crippen molar-refractivity contribution in [2.75, 3.05) is 19.5 Å². The second kappa shape index (κ2) is 6.60. The lowest BCUT2D eigenvalue weighted by molar-refractivity contribution is -0.384. The normalized spacial score (nSPS) is 10.0. The zero-order valence-electron chi connectivity index (χ0n) is 11.8. The Morgan fingerprint density at radius 2 is 1.81 bits per heavy atom. The number of nitro benzene ring substituents is 1. The average Bonchev–Trinajstić information content (AvgIpc) is 2.52. The van der Waals surface area contributed by atoms with Crippen LogP contribution in [0.25, 0.3) is 0 Å². The number of ether oxygens (including phenoxy) is 2. The summed E-state index contributed by atoms with van der Waals surface area (Å²) in [6, 6.07) is 11.8. The van der Waals surface area contributed by atoms with Crippen molar-refractivity contribution < 1.29 is 14.4 Å². The van der Waals surface area contributed by atoms with Crippen molar-refractivity contribution in [3.8, 4) is 11.5 Å². The largest absolute Gasteiger partial charge is 0.497 e. The maximum Gasteiger partial charge on any atom is 0.269 e. The molecule has 0 aliphatic heterocycles. The van der Waals surface area contributed by atoms with Gasteiger partial charge < -0.3 is 14.8 Å². The van der Waals surface area contributed by atoms with Gasteiger partial charge in [-0.3, -0.25) is 10.1 Å². The van der Waals surface area contributed by atoms with Gasteiger partial charge >= 0.3 is 0 Å². The minimum atomic E-state index is -0.422. The predicted octanol–water partition coefficient (Wildman–Crippen LogP) is 3.22. The number of benzene rings is 2. The van der Waals surface area contributed by atoms with Crippen molar-refractivity contribution in [3.05, 3.63) is 58.1 Å². The standard InChI is InChI=1S/C15H16N2O4/c1-20-14-7-8-15(21-2)11(9-14)10-16-12-3-5-13(6-4-12)17(18)19/h3-9,16H,10H2,1-2H3. The number of anilines is 1. The van der Waals surface area contributed by atoms with Crippen LogP contribution in [0.5, 0.6) is 11.5 Å². The van der Waals surface area contributed by atoms with Gasteiger partial charge in [-0.05, 0) is 30.3 Å². The smallest absolute Gasteiger partial charge is 0.269 e. The zero-order chi connectivity index (χ0) is 15.2. The molecule has 0 radical (unpaired) electrons. The van der Waals surface area contributed by atoms with E-state index in [0.29, 0.717) is 6.54 Å². The monoisotopic (exact) mass is 288 g/mol. The van der Waals surface area contributed by atoms with Gasteiger partial charge in [0.2, 0.25) is 0 Å². The van der Waals surface area contributed by atoms with Crippen molar-refractivity contribution in [1.82, 2.24) is 0 Å². The van der Waals surface area contributed by atoms with E-state index in [1.165, 1.54) is 12.1 Å². The van der Waals surface area contributed by atoms with Crippen molar-refractivity contribution >= 4 is 11.4 Å². The van der Waals surface area contributed by atoms with Gasteiger partial charge in [0.15, 0.2) is 0 Å². The van der Waals surface area contributed by atoms with Crippen molar-refractivity contribution in [3.63, 3.8) is 0 Å². The summed E-state index contributed by atoms with van der Waals surface area (Å²) >= 11 is 0. The first-order valence-corrected chi connectivity index (χ1v) is 6.33. The molecule has 2 rings (SSSR count). The Hall–Kier alpha value is -2.76. The minimum Gasteiger partial charge on any atom is -0.497 e. The number of nitro groups is 1. The number of hydrogen-bond acceptors (Lipinski definition) is 5. The summed E-state index contributed by atoms with van der Waals surface area (Å²) in [6.07, 6.45) is 0. The van der Waals surface area contributed by atoms with Gasteiger partial charge in [-0.25, -0.2) is 0 Å². The molecule has 0 bridgehead atoms. The van der Waals surface area contributed by atoms with Crippen LogP contribution in [0.2, 0.25) is 0 Å². The van der Waals surface area contributed by atoms with E-state index < -0.39 is 4.92 Å². The summed E-state index contributed by atoms with van der Waals surface area (Å²) in [5.41, 5.74) is 1.81. The van der Waals surface area contributed by atoms with Crippen molar-refractivity contribution in [2.45, 2.75) is 6.54 Å². The van der Waals surface area contributed by atoms with Crippen LogP contribution >= 0.6 is 0 Å². The molecule has 0 amide bonds. The summed E-state index contributed by atoms with van der Waals surface area (Å²) < 4.78 is 10.5. The quantitative estimate of drug-likeness (QED) is 0.652. The molecule has 21 heavy (non-hydrogen) atoms. The number of non-ortho nitro benzene ring substituents is 1. The van der Waals surface area contributed by atoms with E-state index in [4.69, 9.17) is 9.47 Å². The molecular formula is C15H16N2O4. The van der Waals surface area contributed by atoms with E-state index in [0.717, 1.165) is 22.7 Å². The van der Waals surface area contributed by atoms with Gasteiger partial charge in [-0.1, -0.05) is 0 Å². The Balaban J connectivity index is 2.10. The maximum atomic E-state index is 10.6. The zero-order valence-corrected chi connectivity index (χ0v) is 11.8. The Morgan fingerprint density at radius 1 is 1.10 bits per heavy atom. The van der Waals surface area contributed by atoms with Crippen LogP contribution in [-0.2, 0) is 6.54 Å². The molecule has 0 saturated carbocycles. The van der Waals surface area contributed by atoms with Gasteiger partial charge in [-0.15, -0.1) is 0 Å². The fourth-order valence-corrected chi connectivity index (χ4v) is 1.92. The first kappa shape index (κ1) is 14.6. The second-order valence-corrected chi connectivity index (χ2v) is 4.34. The number of rotatable bonds is 6. The number of nitrogens with one attached hydrogen (secondary N) is 1. The Kier molecular flexibility index (Phi) is 4.61. The second-order valence-electron chi connectivity index (χ2n) is 4.34. The Bertz CT molecular complexity index is 626. The molecule has 0 aliphatic carbocycles. The maximum absolute atomic E-state index is 10.6. The van der Waals surface area contributed by atoms with E-state index in [9.17, 15) is 10.1 Å². The molecule has 6 heteroatoms. The lowest BCUT2D eigenvalue weighted by Gasteiger charge is -2.12. The molecule has 0 spiro atoms. The molecule has 2 aromatic rings. The lowest BCUT2D eigenvalue weighted by Crippen LogP contribution is -2.02. The topological polar surface area (TPSA) is 73.6 Å². The first-order chi connectivity index (χ1) is 10.1. The molecule has 110 valence electrons. The summed E-state index contributed by atoms with van der Waals surface area (Å²) in [5.74, 6) is 1.50. The van der Waals surface area contributed by atoms with Crippen LogP contribution in [0.1, 0.15) is 5.56 Å². The van der Waals surface area contributed by atoms with E-state index in [-0.39, 0.29) is 5.69 Å². The van der Waals surface area contributed by atoms with E-state index in [2.05, 4.69) is 5.32 Å². The molecular weight excluding hydrogens is 272 g/mol. The molecule has 0 aromatic heterocycles. The highest BCUT2D eigenvalue weighted by molar-refractivity contribution is 5.50. The summed E-state index contributed by atoms with van der Waals surface area (Å²) in [7, 11) is 3.21. The van der Waals surface area contributed by atoms with Crippen LogP contribution in [0.15, 0.2) is 42.5 Å². The molecule has 0 aliphatic rings. The highest BCUT2D eigenvalue weighted by Gasteiger charge is 2.06. The summed E-state index contributed by atoms with van der Waals surface area (Å²) in [4.78, 5) is 10.2. The predicted molar refractivity (Wildman–Crippen MR) is 80.0 cm³/mol. The number of nitrogens with zero attached hydrogens (tertiary/aromatic N) is 1. The Labute approximate surface area is 122 Å². The SMILES string of the molecule is COc1ccc(OC)c(CNc2ccc([N+](=O)[O-])cc2)c1. The van der Waals surface area contributed by atoms with Gasteiger partial charge in [0.25, 0.3) is 5.69 Å². The van der Waals surface area contributed by atoms with Gasteiger partial charge in [0.1, 0.15) is 11.5 Å². The average molecular weight is 288 g/mol. The van der Waals surface area contributed by atoms with E-state index in [1.807, 2.05) is 18.2 Å². The van der Waals surface area contributed by atoms with Gasteiger partial charge in [0, 0.05) is 29.9 Å². The fourth-order valence-electron chi connectivity index (χ4n) is 1.92. The van der Waals surface area contributed by atoms with Crippen LogP contribution in [-0.4, -0.2) is 19.1 Å². The fraction of sp³-hybridized carbons (Fsp3) is 0.200. The summed E-state index contributed by atoms with van der Waals surface area (Å²) in [6.45, 7) is 0.526. The Morgan fingerprint density at radius 3 is 2.38 bits per heavy atom. The highest BCUT2D eigenvalue weighted by atomic mass is 16.6. The lowest BCUT2D eigenvalue weighted by atomic mass is 10.2. The van der Waals surface area contributed by atoms with E-state index >= 15 is 0 Å². The molecule has 1 N–H and O–H groups in total. The van der Waals surface area contributed by atoms with Crippen molar-refractivity contribution in [2.24, 2.45) is 0 Å². The summed E-state index contributed by atoms with van der Waals surface area (Å²) in [5, 5.41) is 13.8. The molecule has 0 saturated heterocycles. The molecule has 0 unspecified atom stereocenters. The molecule has 6 nitrogen and oxygen atoms in total. The third-order valence-corrected chi connectivity index (χ3v) is 3.05. The van der Waals surface area contributed by atoms with E-state index in [1.54, 1.807) is 26.4 Å². The number of methoxy groups -OCH3 is 2. The molecule has 0 atom stereocenters.